The summed E-state index contributed by atoms with van der Waals surface area (Å²) in [6, 6.07) is 6.83. The van der Waals surface area contributed by atoms with Gasteiger partial charge in [0.2, 0.25) is 11.0 Å². The molecule has 1 heterocycles. The van der Waals surface area contributed by atoms with Crippen molar-refractivity contribution in [3.05, 3.63) is 40.9 Å². The molecule has 1 fully saturated rings. The molecule has 1 N–H and O–H groups in total. The van der Waals surface area contributed by atoms with E-state index >= 15 is 0 Å². The van der Waals surface area contributed by atoms with Crippen LogP contribution < -0.4 is 5.32 Å². The predicted molar refractivity (Wildman–Crippen MR) is 74.5 cm³/mol. The van der Waals surface area contributed by atoms with Gasteiger partial charge in [-0.1, -0.05) is 35.5 Å². The Labute approximate surface area is 115 Å². The summed E-state index contributed by atoms with van der Waals surface area (Å²) in [6.45, 7) is 0. The van der Waals surface area contributed by atoms with E-state index in [9.17, 15) is 9.59 Å². The summed E-state index contributed by atoms with van der Waals surface area (Å²) in [5.74, 6) is 0.538. The Morgan fingerprint density at radius 1 is 1.39 bits per heavy atom. The lowest BCUT2D eigenvalue weighted by molar-refractivity contribution is -0.120. The molecule has 1 aromatic carbocycles. The first-order valence-electron chi connectivity index (χ1n) is 5.56. The zero-order valence-corrected chi connectivity index (χ0v) is 11.1. The van der Waals surface area contributed by atoms with Crippen molar-refractivity contribution in [2.75, 3.05) is 5.75 Å². The zero-order valence-electron chi connectivity index (χ0n) is 9.56. The Kier molecular flexibility index (Phi) is 4.44. The highest BCUT2D eigenvalue weighted by Crippen LogP contribution is 2.19. The largest absolute Gasteiger partial charge is 0.342 e. The van der Waals surface area contributed by atoms with Crippen LogP contribution in [0.4, 0.5) is 0 Å². The average Bonchev–Trinajstić information content (AvgIpc) is 2.74. The first-order chi connectivity index (χ1) is 8.65. The van der Waals surface area contributed by atoms with Crippen molar-refractivity contribution < 1.29 is 9.59 Å². The van der Waals surface area contributed by atoms with Gasteiger partial charge in [0.1, 0.15) is 0 Å². The van der Waals surface area contributed by atoms with E-state index in [0.29, 0.717) is 11.4 Å². The molecule has 1 aliphatic heterocycles. The highest BCUT2D eigenvalue weighted by atomic mass is 35.5. The molecule has 1 unspecified atom stereocenters. The van der Waals surface area contributed by atoms with Gasteiger partial charge in [0.15, 0.2) is 0 Å². The Hall–Kier alpha value is -1.26. The van der Waals surface area contributed by atoms with Crippen molar-refractivity contribution in [3.63, 3.8) is 0 Å². The van der Waals surface area contributed by atoms with Crippen LogP contribution in [0.15, 0.2) is 30.3 Å². The number of carbonyl (C=O) groups is 2. The number of rotatable bonds is 3. The molecule has 2 rings (SSSR count). The maximum absolute atomic E-state index is 11.6. The SMILES string of the molecule is O=C(C=Cc1ccc(Cl)cc1)NC1CCSC1=O. The lowest BCUT2D eigenvalue weighted by atomic mass is 10.2. The molecule has 0 aromatic heterocycles. The minimum Gasteiger partial charge on any atom is -0.342 e. The summed E-state index contributed by atoms with van der Waals surface area (Å²) >= 11 is 7.03. The first kappa shape index (κ1) is 13.2. The van der Waals surface area contributed by atoms with E-state index in [2.05, 4.69) is 5.32 Å². The highest BCUT2D eigenvalue weighted by Gasteiger charge is 2.25. The highest BCUT2D eigenvalue weighted by molar-refractivity contribution is 8.14. The molecule has 0 radical (unpaired) electrons. The van der Waals surface area contributed by atoms with E-state index in [1.54, 1.807) is 18.2 Å². The molecule has 1 atom stereocenters. The number of hydrogen-bond acceptors (Lipinski definition) is 3. The van der Waals surface area contributed by atoms with E-state index in [-0.39, 0.29) is 17.1 Å². The molecule has 3 nitrogen and oxygen atoms in total. The number of hydrogen-bond donors (Lipinski definition) is 1. The van der Waals surface area contributed by atoms with Crippen LogP contribution in [0.5, 0.6) is 0 Å². The Balaban J connectivity index is 1.90. The van der Waals surface area contributed by atoms with Crippen molar-refractivity contribution in [1.29, 1.82) is 0 Å². The number of benzene rings is 1. The topological polar surface area (TPSA) is 46.2 Å². The Morgan fingerprint density at radius 2 is 2.11 bits per heavy atom. The molecule has 5 heteroatoms. The predicted octanol–water partition coefficient (Wildman–Crippen LogP) is 2.50. The second-order valence-electron chi connectivity index (χ2n) is 3.90. The fourth-order valence-corrected chi connectivity index (χ4v) is 2.65. The molecule has 18 heavy (non-hydrogen) atoms. The fraction of sp³-hybridized carbons (Fsp3) is 0.231. The Bertz CT molecular complexity index is 484. The van der Waals surface area contributed by atoms with E-state index in [1.807, 2.05) is 12.1 Å². The summed E-state index contributed by atoms with van der Waals surface area (Å²) in [5.41, 5.74) is 0.890. The maximum Gasteiger partial charge on any atom is 0.244 e. The summed E-state index contributed by atoms with van der Waals surface area (Å²) in [5, 5.41) is 3.39. The molecule has 1 saturated heterocycles. The molecular weight excluding hydrogens is 270 g/mol. The summed E-state index contributed by atoms with van der Waals surface area (Å²) in [6.07, 6.45) is 3.84. The van der Waals surface area contributed by atoms with Gasteiger partial charge in [-0.15, -0.1) is 0 Å². The van der Waals surface area contributed by atoms with Crippen LogP contribution in [-0.4, -0.2) is 22.8 Å². The van der Waals surface area contributed by atoms with Crippen LogP contribution in [0.25, 0.3) is 6.08 Å². The van der Waals surface area contributed by atoms with E-state index < -0.39 is 0 Å². The number of carbonyl (C=O) groups excluding carboxylic acids is 2. The van der Waals surface area contributed by atoms with Gasteiger partial charge in [-0.2, -0.15) is 0 Å². The monoisotopic (exact) mass is 281 g/mol. The zero-order chi connectivity index (χ0) is 13.0. The number of halogens is 1. The molecule has 0 saturated carbocycles. The van der Waals surface area contributed by atoms with Crippen LogP contribution in [0.3, 0.4) is 0 Å². The summed E-state index contributed by atoms with van der Waals surface area (Å²) in [4.78, 5) is 22.9. The second kappa shape index (κ2) is 6.07. The van der Waals surface area contributed by atoms with E-state index in [0.717, 1.165) is 11.3 Å². The van der Waals surface area contributed by atoms with Crippen molar-refractivity contribution >= 4 is 40.5 Å². The third-order valence-corrected chi connectivity index (χ3v) is 3.81. The molecule has 0 aliphatic carbocycles. The Morgan fingerprint density at radius 3 is 2.72 bits per heavy atom. The molecule has 94 valence electrons. The van der Waals surface area contributed by atoms with Gasteiger partial charge < -0.3 is 5.32 Å². The van der Waals surface area contributed by atoms with Gasteiger partial charge in [-0.05, 0) is 30.2 Å². The quantitative estimate of drug-likeness (QED) is 0.866. The minimum absolute atomic E-state index is 0.0447. The van der Waals surface area contributed by atoms with Crippen molar-refractivity contribution in [3.8, 4) is 0 Å². The van der Waals surface area contributed by atoms with Crippen LogP contribution in [0, 0.1) is 0 Å². The van der Waals surface area contributed by atoms with Crippen molar-refractivity contribution in [1.82, 2.24) is 5.32 Å². The fourth-order valence-electron chi connectivity index (χ4n) is 1.59. The van der Waals surface area contributed by atoms with Gasteiger partial charge in [-0.3, -0.25) is 9.59 Å². The molecular formula is C13H12ClNO2S. The van der Waals surface area contributed by atoms with E-state index in [1.165, 1.54) is 17.8 Å². The lowest BCUT2D eigenvalue weighted by Crippen LogP contribution is -2.35. The van der Waals surface area contributed by atoms with Crippen LogP contribution in [-0.2, 0) is 9.59 Å². The van der Waals surface area contributed by atoms with Crippen molar-refractivity contribution in [2.24, 2.45) is 0 Å². The standard InChI is InChI=1S/C13H12ClNO2S/c14-10-4-1-9(2-5-10)3-6-12(16)15-11-7-8-18-13(11)17/h1-6,11H,7-8H2,(H,15,16). The third kappa shape index (κ3) is 3.62. The van der Waals surface area contributed by atoms with Gasteiger partial charge in [-0.25, -0.2) is 0 Å². The van der Waals surface area contributed by atoms with Crippen LogP contribution in [0.1, 0.15) is 12.0 Å². The summed E-state index contributed by atoms with van der Waals surface area (Å²) in [7, 11) is 0. The normalized spacial score (nSPS) is 19.4. The van der Waals surface area contributed by atoms with Crippen molar-refractivity contribution in [2.45, 2.75) is 12.5 Å². The van der Waals surface area contributed by atoms with Crippen LogP contribution in [0.2, 0.25) is 5.02 Å². The number of amides is 1. The molecule has 0 spiro atoms. The van der Waals surface area contributed by atoms with Gasteiger partial charge in [0.05, 0.1) is 6.04 Å². The first-order valence-corrected chi connectivity index (χ1v) is 6.92. The molecule has 1 amide bonds. The molecule has 1 aromatic rings. The smallest absolute Gasteiger partial charge is 0.244 e. The molecule has 1 aliphatic rings. The van der Waals surface area contributed by atoms with Crippen LogP contribution >= 0.6 is 23.4 Å². The number of nitrogens with one attached hydrogen (secondary N) is 1. The molecule has 0 bridgehead atoms. The second-order valence-corrected chi connectivity index (χ2v) is 5.44. The third-order valence-electron chi connectivity index (χ3n) is 2.55. The van der Waals surface area contributed by atoms with E-state index in [4.69, 9.17) is 11.6 Å². The van der Waals surface area contributed by atoms with Gasteiger partial charge in [0, 0.05) is 16.9 Å². The lowest BCUT2D eigenvalue weighted by Gasteiger charge is -2.06. The minimum atomic E-state index is -0.336. The van der Waals surface area contributed by atoms with Gasteiger partial charge in [0.25, 0.3) is 0 Å². The average molecular weight is 282 g/mol. The maximum atomic E-state index is 11.6. The summed E-state index contributed by atoms with van der Waals surface area (Å²) < 4.78 is 0. The number of thioether (sulfide) groups is 1. The van der Waals surface area contributed by atoms with Gasteiger partial charge >= 0.3 is 0 Å².